The Kier molecular flexibility index (Phi) is 5.51. The van der Waals surface area contributed by atoms with Crippen LogP contribution in [0, 0.1) is 5.82 Å². The van der Waals surface area contributed by atoms with Crippen molar-refractivity contribution < 1.29 is 13.9 Å². The van der Waals surface area contributed by atoms with Crippen LogP contribution in [0.5, 0.6) is 5.75 Å². The van der Waals surface area contributed by atoms with Crippen molar-refractivity contribution in [2.24, 2.45) is 0 Å². The van der Waals surface area contributed by atoms with Gasteiger partial charge in [0.15, 0.2) is 17.3 Å². The summed E-state index contributed by atoms with van der Waals surface area (Å²) in [4.78, 5) is 21.4. The lowest BCUT2D eigenvalue weighted by molar-refractivity contribution is 0.0977. The number of aromatic nitrogens is 8. The molecule has 0 N–H and O–H groups in total. The third-order valence-electron chi connectivity index (χ3n) is 6.39. The molecule has 6 rings (SSSR count). The number of fused-ring (bicyclic) bond motifs is 1. The Balaban J connectivity index is 1.16. The first kappa shape index (κ1) is 22.1. The highest BCUT2D eigenvalue weighted by Crippen LogP contribution is 2.39. The van der Waals surface area contributed by atoms with Crippen LogP contribution in [0.25, 0.3) is 11.3 Å². The van der Waals surface area contributed by atoms with Crippen LogP contribution in [0.1, 0.15) is 52.5 Å². The van der Waals surface area contributed by atoms with Crippen molar-refractivity contribution in [3.05, 3.63) is 83.8 Å². The van der Waals surface area contributed by atoms with Crippen LogP contribution in [0.4, 0.5) is 4.39 Å². The fraction of sp³-hybridized carbons (Fsp3) is 0.280. The molecule has 0 radical (unpaired) electrons. The van der Waals surface area contributed by atoms with Crippen molar-refractivity contribution in [2.75, 3.05) is 7.11 Å². The molecule has 1 aliphatic rings. The Morgan fingerprint density at radius 2 is 2.06 bits per heavy atom. The predicted octanol–water partition coefficient (Wildman–Crippen LogP) is 3.40. The van der Waals surface area contributed by atoms with Gasteiger partial charge in [-0.05, 0) is 48.9 Å². The molecule has 10 nitrogen and oxygen atoms in total. The highest BCUT2D eigenvalue weighted by Gasteiger charge is 2.24. The summed E-state index contributed by atoms with van der Waals surface area (Å²) in [6.45, 7) is 0.391. The monoisotopic (exact) mass is 486 g/mol. The molecule has 0 atom stereocenters. The maximum absolute atomic E-state index is 15.0. The summed E-state index contributed by atoms with van der Waals surface area (Å²) in [6, 6.07) is 7.37. The Labute approximate surface area is 205 Å². The van der Waals surface area contributed by atoms with Gasteiger partial charge in [0.25, 0.3) is 0 Å². The number of ketones is 1. The van der Waals surface area contributed by atoms with Gasteiger partial charge in [-0.15, -0.1) is 5.10 Å². The van der Waals surface area contributed by atoms with Crippen molar-refractivity contribution in [3.8, 4) is 11.4 Å². The molecule has 1 aromatic carbocycles. The summed E-state index contributed by atoms with van der Waals surface area (Å²) >= 11 is 0. The van der Waals surface area contributed by atoms with Gasteiger partial charge in [0.05, 0.1) is 31.2 Å². The van der Waals surface area contributed by atoms with Gasteiger partial charge in [-0.2, -0.15) is 5.10 Å². The first-order valence-corrected chi connectivity index (χ1v) is 11.7. The number of pyridine rings is 1. The minimum absolute atomic E-state index is 0.0444. The SMILES string of the molecule is COc1ccc(-n2cncn2)c(CCC(=O)c2cn(Cc3cn4cc(C5CC5)ccc4n3)nn2)c1F. The summed E-state index contributed by atoms with van der Waals surface area (Å²) in [5, 5.41) is 12.2. The van der Waals surface area contributed by atoms with Crippen molar-refractivity contribution in [1.82, 2.24) is 39.1 Å². The first-order chi connectivity index (χ1) is 17.6. The van der Waals surface area contributed by atoms with Crippen LogP contribution in [0.2, 0.25) is 0 Å². The molecule has 4 aromatic heterocycles. The van der Waals surface area contributed by atoms with Crippen LogP contribution in [0.15, 0.2) is 55.5 Å². The normalized spacial score (nSPS) is 13.4. The van der Waals surface area contributed by atoms with E-state index in [1.165, 1.54) is 48.9 Å². The van der Waals surface area contributed by atoms with E-state index in [4.69, 9.17) is 4.74 Å². The van der Waals surface area contributed by atoms with Crippen molar-refractivity contribution >= 4 is 11.4 Å². The number of Topliss-reactive ketones (excluding diaryl/α,β-unsaturated/α-hetero) is 1. The summed E-state index contributed by atoms with van der Waals surface area (Å²) in [7, 11) is 1.40. The van der Waals surface area contributed by atoms with Crippen LogP contribution in [0.3, 0.4) is 0 Å². The lowest BCUT2D eigenvalue weighted by Gasteiger charge is -2.12. The highest BCUT2D eigenvalue weighted by atomic mass is 19.1. The third kappa shape index (κ3) is 4.23. The number of halogens is 1. The van der Waals surface area contributed by atoms with E-state index < -0.39 is 5.82 Å². The minimum Gasteiger partial charge on any atom is -0.494 e. The maximum atomic E-state index is 15.0. The molecule has 0 unspecified atom stereocenters. The minimum atomic E-state index is -0.529. The van der Waals surface area contributed by atoms with E-state index in [2.05, 4.69) is 37.6 Å². The Morgan fingerprint density at radius 3 is 2.83 bits per heavy atom. The number of ether oxygens (including phenoxy) is 1. The smallest absolute Gasteiger partial charge is 0.185 e. The fourth-order valence-corrected chi connectivity index (χ4v) is 4.36. The van der Waals surface area contributed by atoms with Crippen molar-refractivity contribution in [3.63, 3.8) is 0 Å². The van der Waals surface area contributed by atoms with E-state index in [1.807, 2.05) is 16.7 Å². The number of benzene rings is 1. The van der Waals surface area contributed by atoms with Crippen LogP contribution >= 0.6 is 0 Å². The summed E-state index contributed by atoms with van der Waals surface area (Å²) < 4.78 is 25.2. The average Bonchev–Trinajstić information content (AvgIpc) is 3.24. The molecule has 0 bridgehead atoms. The number of imidazole rings is 1. The molecule has 36 heavy (non-hydrogen) atoms. The number of hydrogen-bond acceptors (Lipinski definition) is 7. The maximum Gasteiger partial charge on any atom is 0.185 e. The molecule has 1 fully saturated rings. The lowest BCUT2D eigenvalue weighted by Crippen LogP contribution is -2.08. The molecule has 0 aliphatic heterocycles. The summed E-state index contributed by atoms with van der Waals surface area (Å²) in [6.07, 6.45) is 11.2. The van der Waals surface area contributed by atoms with Gasteiger partial charge < -0.3 is 9.14 Å². The number of methoxy groups -OCH3 is 1. The largest absolute Gasteiger partial charge is 0.494 e. The van der Waals surface area contributed by atoms with E-state index in [0.29, 0.717) is 23.7 Å². The van der Waals surface area contributed by atoms with Crippen molar-refractivity contribution in [1.29, 1.82) is 0 Å². The fourth-order valence-electron chi connectivity index (χ4n) is 4.36. The lowest BCUT2D eigenvalue weighted by atomic mass is 10.0. The topological polar surface area (TPSA) is 105 Å². The third-order valence-corrected chi connectivity index (χ3v) is 6.39. The molecule has 0 spiro atoms. The van der Waals surface area contributed by atoms with Crippen molar-refractivity contribution in [2.45, 2.75) is 38.1 Å². The predicted molar refractivity (Wildman–Crippen MR) is 127 cm³/mol. The number of carbonyl (C=O) groups is 1. The second-order valence-electron chi connectivity index (χ2n) is 8.88. The van der Waals surface area contributed by atoms with Gasteiger partial charge in [0.2, 0.25) is 0 Å². The molecule has 1 saturated carbocycles. The molecule has 0 saturated heterocycles. The molecule has 11 heteroatoms. The van der Waals surface area contributed by atoms with E-state index in [9.17, 15) is 4.79 Å². The van der Waals surface area contributed by atoms with E-state index in [0.717, 1.165) is 11.3 Å². The Morgan fingerprint density at radius 1 is 1.17 bits per heavy atom. The zero-order valence-corrected chi connectivity index (χ0v) is 19.6. The van der Waals surface area contributed by atoms with Gasteiger partial charge in [0.1, 0.15) is 24.0 Å². The first-order valence-electron chi connectivity index (χ1n) is 11.7. The molecular weight excluding hydrogens is 463 g/mol. The summed E-state index contributed by atoms with van der Waals surface area (Å²) in [5.74, 6) is 0.00146. The highest BCUT2D eigenvalue weighted by molar-refractivity contribution is 5.94. The molecule has 1 aliphatic carbocycles. The molecule has 0 amide bonds. The number of carbonyl (C=O) groups excluding carboxylic acids is 1. The Hall–Kier alpha value is -4.41. The number of rotatable bonds is 9. The zero-order valence-electron chi connectivity index (χ0n) is 19.6. The molecular formula is C25H23FN8O2. The summed E-state index contributed by atoms with van der Waals surface area (Å²) in [5.41, 5.74) is 4.06. The Bertz CT molecular complexity index is 1550. The molecule has 4 heterocycles. The average molecular weight is 487 g/mol. The van der Waals surface area contributed by atoms with Crippen LogP contribution < -0.4 is 4.74 Å². The number of hydrogen-bond donors (Lipinski definition) is 0. The number of nitrogens with zero attached hydrogens (tertiary/aromatic N) is 8. The zero-order chi connectivity index (χ0) is 24.6. The second kappa shape index (κ2) is 8.99. The van der Waals surface area contributed by atoms with Gasteiger partial charge in [-0.1, -0.05) is 11.3 Å². The molecule has 182 valence electrons. The van der Waals surface area contributed by atoms with E-state index in [1.54, 1.807) is 16.9 Å². The van der Waals surface area contributed by atoms with E-state index >= 15 is 4.39 Å². The van der Waals surface area contributed by atoms with Crippen LogP contribution in [-0.2, 0) is 13.0 Å². The van der Waals surface area contributed by atoms with E-state index in [-0.39, 0.29) is 30.1 Å². The van der Waals surface area contributed by atoms with Gasteiger partial charge in [0, 0.05) is 24.4 Å². The van der Waals surface area contributed by atoms with Gasteiger partial charge >= 0.3 is 0 Å². The quantitative estimate of drug-likeness (QED) is 0.294. The second-order valence-corrected chi connectivity index (χ2v) is 8.88. The molecule has 5 aromatic rings. The van der Waals surface area contributed by atoms with Gasteiger partial charge in [-0.3, -0.25) is 4.79 Å². The van der Waals surface area contributed by atoms with Crippen LogP contribution in [-0.4, -0.2) is 52.0 Å². The van der Waals surface area contributed by atoms with Gasteiger partial charge in [-0.25, -0.2) is 23.7 Å². The standard InChI is InChI=1S/C25H23FN8O2/c1-36-23-8-6-21(34-15-27-14-28-34)19(25(23)26)5-7-22(35)20-13-33(31-30-20)12-18-11-32-10-17(16-2-3-16)4-9-24(32)29-18/h4,6,8-11,13-16H,2-3,5,7,12H2,1H3.